The maximum atomic E-state index is 6.00. The summed E-state index contributed by atoms with van der Waals surface area (Å²) in [6, 6.07) is 8.44. The molecule has 1 aromatic carbocycles. The molecule has 4 nitrogen and oxygen atoms in total. The Bertz CT molecular complexity index is 761. The number of anilines is 2. The van der Waals surface area contributed by atoms with E-state index in [9.17, 15) is 0 Å². The van der Waals surface area contributed by atoms with E-state index in [2.05, 4.69) is 45.9 Å². The van der Waals surface area contributed by atoms with Gasteiger partial charge in [0, 0.05) is 17.6 Å². The van der Waals surface area contributed by atoms with Gasteiger partial charge in [0.05, 0.1) is 5.56 Å². The third kappa shape index (κ3) is 3.06. The molecule has 0 aliphatic carbocycles. The number of benzene rings is 1. The number of nitrogen functional groups attached to an aromatic ring is 1. The standard InChI is InChI=1S/C15H16N4S2/c1-9-4-3-5-11(6-9)7-17-14-12(13(16)19-21-14)15-18-10(2)8-20-15/h3-6,8,17H,7H2,1-2H3,(H2,16,19). The van der Waals surface area contributed by atoms with Gasteiger partial charge in [-0.15, -0.1) is 11.3 Å². The Labute approximate surface area is 131 Å². The van der Waals surface area contributed by atoms with Crippen LogP contribution in [0.15, 0.2) is 29.6 Å². The van der Waals surface area contributed by atoms with Crippen molar-refractivity contribution in [3.8, 4) is 10.6 Å². The number of hydrogen-bond donors (Lipinski definition) is 2. The minimum atomic E-state index is 0.543. The molecule has 0 aliphatic rings. The van der Waals surface area contributed by atoms with Crippen LogP contribution in [-0.4, -0.2) is 9.36 Å². The number of nitrogens with one attached hydrogen (secondary N) is 1. The predicted molar refractivity (Wildman–Crippen MR) is 90.9 cm³/mol. The van der Waals surface area contributed by atoms with E-state index in [0.717, 1.165) is 27.8 Å². The predicted octanol–water partition coefficient (Wildman–Crippen LogP) is 4.08. The second-order valence-electron chi connectivity index (χ2n) is 4.91. The largest absolute Gasteiger partial charge is 0.382 e. The van der Waals surface area contributed by atoms with Crippen molar-refractivity contribution in [3.05, 3.63) is 46.5 Å². The van der Waals surface area contributed by atoms with Crippen molar-refractivity contribution < 1.29 is 0 Å². The van der Waals surface area contributed by atoms with Crippen molar-refractivity contribution in [2.45, 2.75) is 20.4 Å². The van der Waals surface area contributed by atoms with Crippen molar-refractivity contribution >= 4 is 33.7 Å². The highest BCUT2D eigenvalue weighted by Crippen LogP contribution is 2.38. The first-order valence-electron chi connectivity index (χ1n) is 6.60. The molecule has 0 saturated heterocycles. The van der Waals surface area contributed by atoms with Gasteiger partial charge < -0.3 is 11.1 Å². The third-order valence-corrected chi connectivity index (χ3v) is 4.88. The second kappa shape index (κ2) is 5.83. The highest BCUT2D eigenvalue weighted by molar-refractivity contribution is 7.15. The Balaban J connectivity index is 1.83. The minimum absolute atomic E-state index is 0.543. The number of thiazole rings is 1. The summed E-state index contributed by atoms with van der Waals surface area (Å²) in [7, 11) is 0. The van der Waals surface area contributed by atoms with Crippen LogP contribution in [0.1, 0.15) is 16.8 Å². The number of nitrogens with zero attached hydrogens (tertiary/aromatic N) is 2. The molecule has 2 heterocycles. The van der Waals surface area contributed by atoms with Crippen LogP contribution in [-0.2, 0) is 6.54 Å². The van der Waals surface area contributed by atoms with E-state index in [4.69, 9.17) is 5.73 Å². The Hall–Kier alpha value is -1.92. The first-order chi connectivity index (χ1) is 10.1. The molecule has 6 heteroatoms. The first kappa shape index (κ1) is 14.0. The minimum Gasteiger partial charge on any atom is -0.382 e. The van der Waals surface area contributed by atoms with Crippen molar-refractivity contribution in [3.63, 3.8) is 0 Å². The summed E-state index contributed by atoms with van der Waals surface area (Å²) in [6.07, 6.45) is 0. The van der Waals surface area contributed by atoms with Crippen molar-refractivity contribution in [2.24, 2.45) is 0 Å². The van der Waals surface area contributed by atoms with Gasteiger partial charge in [0.2, 0.25) is 0 Å². The Kier molecular flexibility index (Phi) is 3.90. The molecule has 108 valence electrons. The molecule has 0 unspecified atom stereocenters. The van der Waals surface area contributed by atoms with E-state index in [1.165, 1.54) is 22.7 Å². The second-order valence-corrected chi connectivity index (χ2v) is 6.54. The Morgan fingerprint density at radius 1 is 1.29 bits per heavy atom. The van der Waals surface area contributed by atoms with Crippen LogP contribution in [0.4, 0.5) is 10.8 Å². The van der Waals surface area contributed by atoms with Crippen LogP contribution >= 0.6 is 22.9 Å². The molecule has 3 N–H and O–H groups in total. The summed E-state index contributed by atoms with van der Waals surface area (Å²) in [5, 5.41) is 7.35. The van der Waals surface area contributed by atoms with E-state index < -0.39 is 0 Å². The zero-order valence-electron chi connectivity index (χ0n) is 11.9. The highest BCUT2D eigenvalue weighted by Gasteiger charge is 2.16. The van der Waals surface area contributed by atoms with Gasteiger partial charge in [0.25, 0.3) is 0 Å². The maximum absolute atomic E-state index is 6.00. The topological polar surface area (TPSA) is 63.8 Å². The first-order valence-corrected chi connectivity index (χ1v) is 8.26. The molecule has 0 saturated carbocycles. The van der Waals surface area contributed by atoms with Crippen molar-refractivity contribution in [1.29, 1.82) is 0 Å². The fourth-order valence-electron chi connectivity index (χ4n) is 2.10. The fraction of sp³-hybridized carbons (Fsp3) is 0.200. The fourth-order valence-corrected chi connectivity index (χ4v) is 3.73. The van der Waals surface area contributed by atoms with E-state index in [1.54, 1.807) is 11.3 Å². The number of aryl methyl sites for hydroxylation is 2. The third-order valence-electron chi connectivity index (χ3n) is 3.09. The molecule has 3 rings (SSSR count). The van der Waals surface area contributed by atoms with Crippen LogP contribution < -0.4 is 11.1 Å². The summed E-state index contributed by atoms with van der Waals surface area (Å²) in [4.78, 5) is 4.51. The maximum Gasteiger partial charge on any atom is 0.149 e. The van der Waals surface area contributed by atoms with E-state index in [-0.39, 0.29) is 0 Å². The van der Waals surface area contributed by atoms with Gasteiger partial charge in [0.15, 0.2) is 0 Å². The molecule has 3 aromatic rings. The SMILES string of the molecule is Cc1cccc(CNc2snc(N)c2-c2nc(C)cs2)c1. The molecule has 0 fully saturated rings. The Morgan fingerprint density at radius 2 is 2.14 bits per heavy atom. The summed E-state index contributed by atoms with van der Waals surface area (Å²) in [6.45, 7) is 4.83. The van der Waals surface area contributed by atoms with E-state index >= 15 is 0 Å². The van der Waals surface area contributed by atoms with E-state index in [0.29, 0.717) is 5.82 Å². The molecule has 21 heavy (non-hydrogen) atoms. The summed E-state index contributed by atoms with van der Waals surface area (Å²) in [5.74, 6) is 0.543. The quantitative estimate of drug-likeness (QED) is 0.761. The average Bonchev–Trinajstić information content (AvgIpc) is 3.02. The lowest BCUT2D eigenvalue weighted by molar-refractivity contribution is 1.15. The van der Waals surface area contributed by atoms with Gasteiger partial charge in [-0.25, -0.2) is 4.98 Å². The van der Waals surface area contributed by atoms with Crippen molar-refractivity contribution in [1.82, 2.24) is 9.36 Å². The van der Waals surface area contributed by atoms with Crippen LogP contribution in [0, 0.1) is 13.8 Å². The summed E-state index contributed by atoms with van der Waals surface area (Å²) < 4.78 is 4.26. The number of rotatable bonds is 4. The zero-order chi connectivity index (χ0) is 14.8. The smallest absolute Gasteiger partial charge is 0.149 e. The lowest BCUT2D eigenvalue weighted by Gasteiger charge is -2.06. The molecular weight excluding hydrogens is 300 g/mol. The monoisotopic (exact) mass is 316 g/mol. The molecule has 0 aliphatic heterocycles. The van der Waals surface area contributed by atoms with Crippen LogP contribution in [0.25, 0.3) is 10.6 Å². The molecule has 0 amide bonds. The number of aromatic nitrogens is 2. The summed E-state index contributed by atoms with van der Waals surface area (Å²) >= 11 is 2.98. The zero-order valence-corrected chi connectivity index (χ0v) is 13.5. The van der Waals surface area contributed by atoms with Crippen LogP contribution in [0.5, 0.6) is 0 Å². The van der Waals surface area contributed by atoms with Crippen LogP contribution in [0.3, 0.4) is 0 Å². The Morgan fingerprint density at radius 3 is 2.86 bits per heavy atom. The van der Waals surface area contributed by atoms with Gasteiger partial charge in [-0.05, 0) is 30.9 Å². The van der Waals surface area contributed by atoms with Gasteiger partial charge in [-0.2, -0.15) is 4.37 Å². The van der Waals surface area contributed by atoms with Crippen molar-refractivity contribution in [2.75, 3.05) is 11.1 Å². The number of nitrogens with two attached hydrogens (primary N) is 1. The molecule has 0 spiro atoms. The number of hydrogen-bond acceptors (Lipinski definition) is 6. The molecular formula is C15H16N4S2. The lowest BCUT2D eigenvalue weighted by Crippen LogP contribution is -1.99. The molecule has 2 aromatic heterocycles. The molecule has 0 bridgehead atoms. The van der Waals surface area contributed by atoms with Gasteiger partial charge >= 0.3 is 0 Å². The highest BCUT2D eigenvalue weighted by atomic mass is 32.1. The van der Waals surface area contributed by atoms with Gasteiger partial charge in [-0.3, -0.25) is 0 Å². The molecule has 0 radical (unpaired) electrons. The van der Waals surface area contributed by atoms with Gasteiger partial charge in [-0.1, -0.05) is 29.8 Å². The normalized spacial score (nSPS) is 10.8. The van der Waals surface area contributed by atoms with Gasteiger partial charge in [0.1, 0.15) is 15.8 Å². The van der Waals surface area contributed by atoms with Crippen LogP contribution in [0.2, 0.25) is 0 Å². The van der Waals surface area contributed by atoms with E-state index in [1.807, 2.05) is 12.3 Å². The average molecular weight is 316 g/mol. The molecule has 0 atom stereocenters. The lowest BCUT2D eigenvalue weighted by atomic mass is 10.1. The summed E-state index contributed by atoms with van der Waals surface area (Å²) in [5.41, 5.74) is 10.4.